The number of hydrogen-bond donors (Lipinski definition) is 3. The van der Waals surface area contributed by atoms with Crippen LogP contribution in [0.3, 0.4) is 0 Å². The summed E-state index contributed by atoms with van der Waals surface area (Å²) >= 11 is 0. The summed E-state index contributed by atoms with van der Waals surface area (Å²) in [6.07, 6.45) is 2.55. The molecular formula is C13H19N3O3. The van der Waals surface area contributed by atoms with Crippen molar-refractivity contribution >= 4 is 11.8 Å². The van der Waals surface area contributed by atoms with Crippen molar-refractivity contribution in [2.24, 2.45) is 0 Å². The van der Waals surface area contributed by atoms with Crippen molar-refractivity contribution in [3.8, 4) is 5.75 Å². The Bertz CT molecular complexity index is 480. The minimum Gasteiger partial charge on any atom is -0.506 e. The molecule has 19 heavy (non-hydrogen) atoms. The van der Waals surface area contributed by atoms with E-state index in [0.29, 0.717) is 0 Å². The topological polar surface area (TPSA) is 91.3 Å². The van der Waals surface area contributed by atoms with E-state index in [1.165, 1.54) is 18.5 Å². The molecule has 0 aromatic carbocycles. The summed E-state index contributed by atoms with van der Waals surface area (Å²) in [6.45, 7) is 7.17. The molecule has 0 saturated heterocycles. The Balaban J connectivity index is 2.64. The van der Waals surface area contributed by atoms with Crippen LogP contribution in [0.5, 0.6) is 5.75 Å². The Morgan fingerprint density at radius 3 is 2.47 bits per heavy atom. The van der Waals surface area contributed by atoms with E-state index in [1.807, 2.05) is 20.8 Å². The van der Waals surface area contributed by atoms with Crippen LogP contribution in [0.15, 0.2) is 18.5 Å². The van der Waals surface area contributed by atoms with Crippen molar-refractivity contribution in [2.75, 3.05) is 0 Å². The molecule has 3 N–H and O–H groups in total. The molecule has 2 amide bonds. The monoisotopic (exact) mass is 265 g/mol. The van der Waals surface area contributed by atoms with Gasteiger partial charge in [-0.3, -0.25) is 14.6 Å². The minimum atomic E-state index is -0.672. The molecule has 1 aromatic heterocycles. The molecule has 0 saturated carbocycles. The average Bonchev–Trinajstić information content (AvgIpc) is 2.26. The maximum atomic E-state index is 11.8. The lowest BCUT2D eigenvalue weighted by Crippen LogP contribution is -2.50. The number of nitrogens with zero attached hydrogens (tertiary/aromatic N) is 1. The second-order valence-corrected chi connectivity index (χ2v) is 5.37. The van der Waals surface area contributed by atoms with Crippen molar-refractivity contribution in [3.05, 3.63) is 24.0 Å². The van der Waals surface area contributed by atoms with Crippen molar-refractivity contribution < 1.29 is 14.7 Å². The molecule has 1 heterocycles. The van der Waals surface area contributed by atoms with Crippen LogP contribution in [0.1, 0.15) is 38.1 Å². The zero-order valence-electron chi connectivity index (χ0n) is 11.5. The third-order valence-electron chi connectivity index (χ3n) is 2.23. The van der Waals surface area contributed by atoms with Gasteiger partial charge in [0.25, 0.3) is 5.91 Å². The molecule has 6 heteroatoms. The Hall–Kier alpha value is -2.11. The quantitative estimate of drug-likeness (QED) is 0.754. The molecule has 0 aliphatic carbocycles. The van der Waals surface area contributed by atoms with E-state index in [4.69, 9.17) is 0 Å². The van der Waals surface area contributed by atoms with Gasteiger partial charge in [-0.2, -0.15) is 0 Å². The number of hydrogen-bond acceptors (Lipinski definition) is 4. The first kappa shape index (κ1) is 14.9. The third kappa shape index (κ3) is 4.95. The van der Waals surface area contributed by atoms with E-state index in [9.17, 15) is 14.7 Å². The summed E-state index contributed by atoms with van der Waals surface area (Å²) in [4.78, 5) is 27.3. The average molecular weight is 265 g/mol. The van der Waals surface area contributed by atoms with Crippen LogP contribution in [0.2, 0.25) is 0 Å². The van der Waals surface area contributed by atoms with Crippen molar-refractivity contribution in [1.82, 2.24) is 15.6 Å². The second-order valence-electron chi connectivity index (χ2n) is 5.37. The predicted molar refractivity (Wildman–Crippen MR) is 70.7 cm³/mol. The van der Waals surface area contributed by atoms with Crippen molar-refractivity contribution in [3.63, 3.8) is 0 Å². The smallest absolute Gasteiger partial charge is 0.253 e. The SMILES string of the molecule is CC(NC(=O)c1cncc(O)c1)C(=O)NC(C)(C)C. The van der Waals surface area contributed by atoms with Crippen molar-refractivity contribution in [1.29, 1.82) is 0 Å². The fourth-order valence-electron chi connectivity index (χ4n) is 1.38. The van der Waals surface area contributed by atoms with Gasteiger partial charge in [0.15, 0.2) is 0 Å². The molecule has 1 atom stereocenters. The first-order valence-electron chi connectivity index (χ1n) is 5.96. The molecule has 0 fully saturated rings. The van der Waals surface area contributed by atoms with E-state index in [2.05, 4.69) is 15.6 Å². The van der Waals surface area contributed by atoms with E-state index in [0.717, 1.165) is 0 Å². The first-order valence-corrected chi connectivity index (χ1v) is 5.96. The van der Waals surface area contributed by atoms with Gasteiger partial charge < -0.3 is 15.7 Å². The maximum absolute atomic E-state index is 11.8. The predicted octanol–water partition coefficient (Wildman–Crippen LogP) is 0.820. The van der Waals surface area contributed by atoms with Crippen LogP contribution in [0, 0.1) is 0 Å². The number of aromatic nitrogens is 1. The highest BCUT2D eigenvalue weighted by Crippen LogP contribution is 2.08. The second kappa shape index (κ2) is 5.69. The lowest BCUT2D eigenvalue weighted by molar-refractivity contribution is -0.124. The lowest BCUT2D eigenvalue weighted by Gasteiger charge is -2.23. The first-order chi connectivity index (χ1) is 8.69. The molecule has 1 rings (SSSR count). The molecule has 6 nitrogen and oxygen atoms in total. The van der Waals surface area contributed by atoms with Gasteiger partial charge in [0, 0.05) is 11.7 Å². The Labute approximate surface area is 112 Å². The summed E-state index contributed by atoms with van der Waals surface area (Å²) in [7, 11) is 0. The summed E-state index contributed by atoms with van der Waals surface area (Å²) in [5.41, 5.74) is -0.154. The van der Waals surface area contributed by atoms with Gasteiger partial charge >= 0.3 is 0 Å². The van der Waals surface area contributed by atoms with Gasteiger partial charge in [-0.05, 0) is 33.8 Å². The highest BCUT2D eigenvalue weighted by molar-refractivity contribution is 5.97. The number of carbonyl (C=O) groups is 2. The summed E-state index contributed by atoms with van der Waals surface area (Å²) in [5.74, 6) is -0.826. The highest BCUT2D eigenvalue weighted by atomic mass is 16.3. The molecule has 0 spiro atoms. The molecule has 104 valence electrons. The zero-order chi connectivity index (χ0) is 14.6. The molecule has 0 aliphatic rings. The molecule has 0 bridgehead atoms. The normalized spacial score (nSPS) is 12.6. The molecule has 0 radical (unpaired) electrons. The third-order valence-corrected chi connectivity index (χ3v) is 2.23. The molecule has 1 aromatic rings. The Morgan fingerprint density at radius 1 is 1.32 bits per heavy atom. The number of amides is 2. The van der Waals surface area contributed by atoms with Gasteiger partial charge in [0.2, 0.25) is 5.91 Å². The summed E-state index contributed by atoms with van der Waals surface area (Å²) in [6, 6.07) is 0.616. The van der Waals surface area contributed by atoms with Crippen LogP contribution in [0.4, 0.5) is 0 Å². The van der Waals surface area contributed by atoms with Crippen LogP contribution >= 0.6 is 0 Å². The van der Waals surface area contributed by atoms with E-state index in [1.54, 1.807) is 6.92 Å². The van der Waals surface area contributed by atoms with Crippen LogP contribution < -0.4 is 10.6 Å². The zero-order valence-corrected chi connectivity index (χ0v) is 11.5. The summed E-state index contributed by atoms with van der Waals surface area (Å²) < 4.78 is 0. The van der Waals surface area contributed by atoms with Gasteiger partial charge in [0.05, 0.1) is 11.8 Å². The number of carbonyl (C=O) groups excluding carboxylic acids is 2. The molecule has 1 unspecified atom stereocenters. The van der Waals surface area contributed by atoms with E-state index in [-0.39, 0.29) is 22.8 Å². The van der Waals surface area contributed by atoms with E-state index < -0.39 is 11.9 Å². The van der Waals surface area contributed by atoms with Gasteiger partial charge in [-0.25, -0.2) is 0 Å². The standard InChI is InChI=1S/C13H19N3O3/c1-8(11(18)16-13(2,3)4)15-12(19)9-5-10(17)7-14-6-9/h5-8,17H,1-4H3,(H,15,19)(H,16,18). The van der Waals surface area contributed by atoms with Crippen LogP contribution in [-0.4, -0.2) is 33.5 Å². The van der Waals surface area contributed by atoms with Gasteiger partial charge in [0.1, 0.15) is 11.8 Å². The number of nitrogens with one attached hydrogen (secondary N) is 2. The molecular weight excluding hydrogens is 246 g/mol. The maximum Gasteiger partial charge on any atom is 0.253 e. The lowest BCUT2D eigenvalue weighted by atomic mass is 10.1. The number of aromatic hydroxyl groups is 1. The number of pyridine rings is 1. The van der Waals surface area contributed by atoms with Crippen molar-refractivity contribution in [2.45, 2.75) is 39.3 Å². The van der Waals surface area contributed by atoms with Gasteiger partial charge in [-0.1, -0.05) is 0 Å². The minimum absolute atomic E-state index is 0.0977. The van der Waals surface area contributed by atoms with E-state index >= 15 is 0 Å². The largest absolute Gasteiger partial charge is 0.506 e. The Morgan fingerprint density at radius 2 is 1.95 bits per heavy atom. The van der Waals surface area contributed by atoms with Gasteiger partial charge in [-0.15, -0.1) is 0 Å². The van der Waals surface area contributed by atoms with Crippen LogP contribution in [-0.2, 0) is 4.79 Å². The fourth-order valence-corrected chi connectivity index (χ4v) is 1.38. The van der Waals surface area contributed by atoms with Crippen LogP contribution in [0.25, 0.3) is 0 Å². The molecule has 0 aliphatic heterocycles. The summed E-state index contributed by atoms with van der Waals surface area (Å²) in [5, 5.41) is 14.5. The fraction of sp³-hybridized carbons (Fsp3) is 0.462. The Kier molecular flexibility index (Phi) is 4.47. The highest BCUT2D eigenvalue weighted by Gasteiger charge is 2.21. The number of rotatable bonds is 3.